The lowest BCUT2D eigenvalue weighted by molar-refractivity contribution is -0.120. The summed E-state index contributed by atoms with van der Waals surface area (Å²) in [4.78, 5) is 42.7. The molecule has 3 N–H and O–H groups in total. The molecule has 1 amide bonds. The molecule has 4 rings (SSSR count). The molecule has 2 fully saturated rings. The maximum absolute atomic E-state index is 13.6. The number of rotatable bonds is 10. The lowest BCUT2D eigenvalue weighted by atomic mass is 9.93. The molecule has 2 aromatic rings. The van der Waals surface area contributed by atoms with Gasteiger partial charge in [-0.15, -0.1) is 0 Å². The topological polar surface area (TPSA) is 101 Å². The van der Waals surface area contributed by atoms with Gasteiger partial charge in [-0.1, -0.05) is 43.7 Å². The average molecular weight is 425 g/mol. The maximum Gasteiger partial charge on any atom is 0.330 e. The van der Waals surface area contributed by atoms with E-state index in [-0.39, 0.29) is 24.0 Å². The predicted molar refractivity (Wildman–Crippen MR) is 122 cm³/mol. The van der Waals surface area contributed by atoms with Gasteiger partial charge in [-0.3, -0.25) is 19.1 Å². The van der Waals surface area contributed by atoms with Crippen molar-refractivity contribution in [3.63, 3.8) is 0 Å². The summed E-state index contributed by atoms with van der Waals surface area (Å²) in [5.74, 6) is 1.62. The summed E-state index contributed by atoms with van der Waals surface area (Å²) in [5, 5.41) is 0. The molecule has 2 aliphatic rings. The van der Waals surface area contributed by atoms with Gasteiger partial charge in [0.25, 0.3) is 5.56 Å². The van der Waals surface area contributed by atoms with Crippen molar-refractivity contribution in [3.8, 4) is 0 Å². The Labute approximate surface area is 182 Å². The second-order valence-corrected chi connectivity index (χ2v) is 9.01. The van der Waals surface area contributed by atoms with Gasteiger partial charge in [0.2, 0.25) is 5.91 Å². The molecule has 31 heavy (non-hydrogen) atoms. The summed E-state index contributed by atoms with van der Waals surface area (Å²) < 4.78 is 1.38. The van der Waals surface area contributed by atoms with Crippen LogP contribution < -0.4 is 21.9 Å². The summed E-state index contributed by atoms with van der Waals surface area (Å²) >= 11 is 0. The van der Waals surface area contributed by atoms with Crippen LogP contribution in [0.25, 0.3) is 0 Å². The number of amides is 1. The van der Waals surface area contributed by atoms with Crippen LogP contribution in [-0.2, 0) is 17.9 Å². The zero-order valence-electron chi connectivity index (χ0n) is 18.2. The molecule has 0 spiro atoms. The first-order valence-corrected chi connectivity index (χ1v) is 11.5. The Kier molecular flexibility index (Phi) is 6.30. The van der Waals surface area contributed by atoms with Crippen molar-refractivity contribution in [1.29, 1.82) is 0 Å². The number of unbranched alkanes of at least 4 members (excludes halogenated alkanes) is 1. The Morgan fingerprint density at radius 2 is 1.81 bits per heavy atom. The number of H-pyrrole nitrogens is 1. The minimum Gasteiger partial charge on any atom is -0.383 e. The third-order valence-electron chi connectivity index (χ3n) is 6.57. The summed E-state index contributed by atoms with van der Waals surface area (Å²) in [7, 11) is 0. The lowest BCUT2D eigenvalue weighted by Crippen LogP contribution is -2.41. The van der Waals surface area contributed by atoms with Crippen molar-refractivity contribution >= 4 is 17.4 Å². The number of aromatic amines is 1. The third kappa shape index (κ3) is 4.92. The second-order valence-electron chi connectivity index (χ2n) is 9.01. The van der Waals surface area contributed by atoms with Crippen molar-refractivity contribution in [1.82, 2.24) is 9.55 Å². The Bertz CT molecular complexity index is 1020. The van der Waals surface area contributed by atoms with Gasteiger partial charge in [0.1, 0.15) is 5.82 Å². The van der Waals surface area contributed by atoms with E-state index in [1.54, 1.807) is 0 Å². The van der Waals surface area contributed by atoms with Gasteiger partial charge in [-0.05, 0) is 55.4 Å². The van der Waals surface area contributed by atoms with Crippen molar-refractivity contribution in [2.75, 3.05) is 10.6 Å². The molecule has 1 aromatic carbocycles. The van der Waals surface area contributed by atoms with Crippen LogP contribution >= 0.6 is 0 Å². The highest BCUT2D eigenvalue weighted by Crippen LogP contribution is 2.51. The second kappa shape index (κ2) is 9.12. The monoisotopic (exact) mass is 424 g/mol. The van der Waals surface area contributed by atoms with Crippen LogP contribution in [0.3, 0.4) is 0 Å². The third-order valence-corrected chi connectivity index (χ3v) is 6.57. The van der Waals surface area contributed by atoms with E-state index < -0.39 is 11.2 Å². The summed E-state index contributed by atoms with van der Waals surface area (Å²) in [5.41, 5.74) is 6.22. The van der Waals surface area contributed by atoms with Gasteiger partial charge in [0.15, 0.2) is 5.69 Å². The van der Waals surface area contributed by atoms with Gasteiger partial charge < -0.3 is 10.6 Å². The van der Waals surface area contributed by atoms with Gasteiger partial charge in [-0.2, -0.15) is 0 Å². The standard InChI is InChI=1S/C24H32N4O3/c1-2-3-13-27-22(25)21(23(30)26-24(27)31)28(15-16-7-5-4-6-8-16)20(29)14-19(17-9-10-17)18-11-12-18/h4-8,17-19H,2-3,9-15,25H2,1H3,(H,26,30,31). The fraction of sp³-hybridized carbons (Fsp3) is 0.542. The number of hydrogen-bond acceptors (Lipinski definition) is 4. The normalized spacial score (nSPS) is 15.9. The van der Waals surface area contributed by atoms with E-state index in [9.17, 15) is 14.4 Å². The summed E-state index contributed by atoms with van der Waals surface area (Å²) in [6, 6.07) is 9.59. The Hall–Kier alpha value is -2.83. The van der Waals surface area contributed by atoms with E-state index in [1.807, 2.05) is 37.3 Å². The largest absolute Gasteiger partial charge is 0.383 e. The SMILES string of the molecule is CCCCn1c(N)c(N(Cc2ccccc2)C(=O)CC(C2CC2)C2CC2)c(=O)[nH]c1=O. The number of nitrogen functional groups attached to an aromatic ring is 1. The van der Waals surface area contributed by atoms with Gasteiger partial charge in [0.05, 0.1) is 6.54 Å². The number of anilines is 2. The highest BCUT2D eigenvalue weighted by Gasteiger charge is 2.43. The molecule has 1 heterocycles. The Morgan fingerprint density at radius 3 is 2.39 bits per heavy atom. The molecule has 166 valence electrons. The molecule has 7 nitrogen and oxygen atoms in total. The average Bonchev–Trinajstić information content (AvgIpc) is 3.65. The Balaban J connectivity index is 1.70. The minimum atomic E-state index is -0.603. The molecule has 0 bridgehead atoms. The van der Waals surface area contributed by atoms with Crippen LogP contribution in [0.15, 0.2) is 39.9 Å². The van der Waals surface area contributed by atoms with Crippen LogP contribution in [0.1, 0.15) is 57.4 Å². The number of aromatic nitrogens is 2. The highest BCUT2D eigenvalue weighted by molar-refractivity contribution is 5.95. The number of benzene rings is 1. The number of carbonyl (C=O) groups is 1. The van der Waals surface area contributed by atoms with Gasteiger partial charge >= 0.3 is 5.69 Å². The lowest BCUT2D eigenvalue weighted by Gasteiger charge is -2.27. The van der Waals surface area contributed by atoms with Crippen molar-refractivity contribution in [3.05, 3.63) is 56.7 Å². The molecule has 2 aliphatic carbocycles. The van der Waals surface area contributed by atoms with Gasteiger partial charge in [-0.25, -0.2) is 4.79 Å². The molecule has 0 unspecified atom stereocenters. The van der Waals surface area contributed by atoms with E-state index in [4.69, 9.17) is 5.73 Å². The molecule has 7 heteroatoms. The molecule has 0 atom stereocenters. The quantitative estimate of drug-likeness (QED) is 0.611. The van der Waals surface area contributed by atoms with Crippen molar-refractivity contribution in [2.24, 2.45) is 17.8 Å². The van der Waals surface area contributed by atoms with Crippen molar-refractivity contribution < 1.29 is 4.79 Å². The van der Waals surface area contributed by atoms with E-state index in [0.29, 0.717) is 30.7 Å². The zero-order valence-corrected chi connectivity index (χ0v) is 18.2. The van der Waals surface area contributed by atoms with E-state index >= 15 is 0 Å². The minimum absolute atomic E-state index is 0.0703. The maximum atomic E-state index is 13.6. The van der Waals surface area contributed by atoms with E-state index in [1.165, 1.54) is 35.2 Å². The van der Waals surface area contributed by atoms with Crippen LogP contribution in [0.5, 0.6) is 0 Å². The fourth-order valence-corrected chi connectivity index (χ4v) is 4.51. The number of nitrogens with two attached hydrogens (primary N) is 1. The molecule has 0 aliphatic heterocycles. The number of hydrogen-bond donors (Lipinski definition) is 2. The molecular formula is C24H32N4O3. The van der Waals surface area contributed by atoms with Crippen LogP contribution in [0.2, 0.25) is 0 Å². The molecular weight excluding hydrogens is 392 g/mol. The summed E-state index contributed by atoms with van der Waals surface area (Å²) in [6.45, 7) is 2.68. The number of nitrogens with one attached hydrogen (secondary N) is 1. The smallest absolute Gasteiger partial charge is 0.330 e. The van der Waals surface area contributed by atoms with E-state index in [0.717, 1.165) is 18.4 Å². The van der Waals surface area contributed by atoms with E-state index in [2.05, 4.69) is 4.98 Å². The van der Waals surface area contributed by atoms with Crippen LogP contribution in [0.4, 0.5) is 11.5 Å². The number of nitrogens with zero attached hydrogens (tertiary/aromatic N) is 2. The first kappa shape index (κ1) is 21.4. The molecule has 2 saturated carbocycles. The predicted octanol–water partition coefficient (Wildman–Crippen LogP) is 3.28. The Morgan fingerprint density at radius 1 is 1.16 bits per heavy atom. The summed E-state index contributed by atoms with van der Waals surface area (Å²) in [6.07, 6.45) is 6.84. The van der Waals surface area contributed by atoms with Crippen LogP contribution in [0, 0.1) is 17.8 Å². The molecule has 0 saturated heterocycles. The number of carbonyl (C=O) groups excluding carboxylic acids is 1. The van der Waals surface area contributed by atoms with Gasteiger partial charge in [0, 0.05) is 13.0 Å². The molecule has 0 radical (unpaired) electrons. The fourth-order valence-electron chi connectivity index (χ4n) is 4.51. The highest BCUT2D eigenvalue weighted by atomic mass is 16.2. The zero-order chi connectivity index (χ0) is 22.0. The molecule has 1 aromatic heterocycles. The van der Waals surface area contributed by atoms with Crippen molar-refractivity contribution in [2.45, 2.75) is 65.0 Å². The first-order valence-electron chi connectivity index (χ1n) is 11.5. The first-order chi connectivity index (χ1) is 15.0. The van der Waals surface area contributed by atoms with Crippen LogP contribution in [-0.4, -0.2) is 15.5 Å².